The average Bonchev–Trinajstić information content (AvgIpc) is 2.38. The van der Waals surface area contributed by atoms with Crippen LogP contribution in [-0.4, -0.2) is 25.0 Å². The van der Waals surface area contributed by atoms with Crippen LogP contribution in [0.15, 0.2) is 24.3 Å². The molecular formula is C14H21N3O. The van der Waals surface area contributed by atoms with Crippen molar-refractivity contribution >= 4 is 11.6 Å². The van der Waals surface area contributed by atoms with Crippen LogP contribution in [0.2, 0.25) is 0 Å². The fourth-order valence-electron chi connectivity index (χ4n) is 2.63. The molecule has 0 spiro atoms. The number of piperidine rings is 1. The molecule has 0 saturated carbocycles. The van der Waals surface area contributed by atoms with Gasteiger partial charge in [-0.25, -0.2) is 0 Å². The number of rotatable bonds is 3. The molecule has 0 bridgehead atoms. The topological polar surface area (TPSA) is 72.3 Å². The SMILES string of the molecule is CC1CCN(c2ccc(C(N)=O)cc2)C(CN)C1. The third-order valence-corrected chi connectivity index (χ3v) is 3.73. The highest BCUT2D eigenvalue weighted by Crippen LogP contribution is 2.27. The zero-order valence-corrected chi connectivity index (χ0v) is 10.8. The van der Waals surface area contributed by atoms with E-state index in [-0.39, 0.29) is 5.91 Å². The van der Waals surface area contributed by atoms with Crippen LogP contribution < -0.4 is 16.4 Å². The monoisotopic (exact) mass is 247 g/mol. The van der Waals surface area contributed by atoms with Gasteiger partial charge in [-0.2, -0.15) is 0 Å². The first-order chi connectivity index (χ1) is 8.61. The van der Waals surface area contributed by atoms with Crippen LogP contribution in [0.25, 0.3) is 0 Å². The highest BCUT2D eigenvalue weighted by molar-refractivity contribution is 5.93. The lowest BCUT2D eigenvalue weighted by Gasteiger charge is -2.39. The number of carbonyl (C=O) groups excluding carboxylic acids is 1. The summed E-state index contributed by atoms with van der Waals surface area (Å²) in [6.07, 6.45) is 2.32. The Balaban J connectivity index is 2.17. The summed E-state index contributed by atoms with van der Waals surface area (Å²) in [7, 11) is 0. The van der Waals surface area contributed by atoms with Gasteiger partial charge in [-0.3, -0.25) is 4.79 Å². The molecule has 1 aliphatic rings. The molecule has 1 aromatic carbocycles. The third kappa shape index (κ3) is 2.64. The maximum atomic E-state index is 11.0. The van der Waals surface area contributed by atoms with Gasteiger partial charge in [0.1, 0.15) is 0 Å². The molecule has 18 heavy (non-hydrogen) atoms. The summed E-state index contributed by atoms with van der Waals surface area (Å²) < 4.78 is 0. The van der Waals surface area contributed by atoms with Crippen molar-refractivity contribution in [3.05, 3.63) is 29.8 Å². The van der Waals surface area contributed by atoms with E-state index in [0.29, 0.717) is 18.2 Å². The van der Waals surface area contributed by atoms with Gasteiger partial charge < -0.3 is 16.4 Å². The van der Waals surface area contributed by atoms with Crippen LogP contribution in [0.1, 0.15) is 30.1 Å². The zero-order chi connectivity index (χ0) is 13.1. The number of hydrogen-bond acceptors (Lipinski definition) is 3. The number of amides is 1. The minimum absolute atomic E-state index is 0.385. The average molecular weight is 247 g/mol. The fraction of sp³-hybridized carbons (Fsp3) is 0.500. The first-order valence-electron chi connectivity index (χ1n) is 6.48. The van der Waals surface area contributed by atoms with E-state index in [1.807, 2.05) is 12.1 Å². The molecular weight excluding hydrogens is 226 g/mol. The largest absolute Gasteiger partial charge is 0.367 e. The second-order valence-corrected chi connectivity index (χ2v) is 5.12. The van der Waals surface area contributed by atoms with Crippen LogP contribution >= 0.6 is 0 Å². The van der Waals surface area contributed by atoms with Gasteiger partial charge in [-0.05, 0) is 43.0 Å². The highest BCUT2D eigenvalue weighted by Gasteiger charge is 2.25. The Morgan fingerprint density at radius 1 is 1.39 bits per heavy atom. The summed E-state index contributed by atoms with van der Waals surface area (Å²) in [5.74, 6) is 0.351. The maximum Gasteiger partial charge on any atom is 0.248 e. The summed E-state index contributed by atoms with van der Waals surface area (Å²) >= 11 is 0. The number of carbonyl (C=O) groups is 1. The van der Waals surface area contributed by atoms with Gasteiger partial charge in [-0.1, -0.05) is 6.92 Å². The van der Waals surface area contributed by atoms with Crippen LogP contribution in [0, 0.1) is 5.92 Å². The first-order valence-corrected chi connectivity index (χ1v) is 6.48. The standard InChI is InChI=1S/C14H21N3O/c1-10-6-7-17(13(8-10)9-15)12-4-2-11(3-5-12)14(16)18/h2-5,10,13H,6-9,15H2,1H3,(H2,16,18). The second-order valence-electron chi connectivity index (χ2n) is 5.12. The van der Waals surface area contributed by atoms with Crippen LogP contribution in [0.3, 0.4) is 0 Å². The lowest BCUT2D eigenvalue weighted by Crippen LogP contribution is -2.46. The van der Waals surface area contributed by atoms with Crippen molar-refractivity contribution in [2.45, 2.75) is 25.8 Å². The summed E-state index contributed by atoms with van der Waals surface area (Å²) in [5.41, 5.74) is 12.8. The molecule has 0 aliphatic carbocycles. The molecule has 1 fully saturated rings. The maximum absolute atomic E-state index is 11.0. The first kappa shape index (κ1) is 12.9. The second kappa shape index (κ2) is 5.40. The predicted octanol–water partition coefficient (Wildman–Crippen LogP) is 1.35. The Labute approximate surface area is 108 Å². The van der Waals surface area contributed by atoms with Crippen molar-refractivity contribution in [2.24, 2.45) is 17.4 Å². The third-order valence-electron chi connectivity index (χ3n) is 3.73. The Hall–Kier alpha value is -1.55. The summed E-state index contributed by atoms with van der Waals surface area (Å²) in [6, 6.07) is 7.87. The smallest absolute Gasteiger partial charge is 0.248 e. The molecule has 2 rings (SSSR count). The van der Waals surface area contributed by atoms with Crippen molar-refractivity contribution in [1.29, 1.82) is 0 Å². The fourth-order valence-corrected chi connectivity index (χ4v) is 2.63. The Morgan fingerprint density at radius 3 is 2.61 bits per heavy atom. The minimum Gasteiger partial charge on any atom is -0.367 e. The molecule has 1 heterocycles. The molecule has 2 atom stereocenters. The van der Waals surface area contributed by atoms with Gasteiger partial charge in [0.05, 0.1) is 0 Å². The number of benzene rings is 1. The number of nitrogens with zero attached hydrogens (tertiary/aromatic N) is 1. The molecule has 4 N–H and O–H groups in total. The molecule has 1 aliphatic heterocycles. The predicted molar refractivity (Wildman–Crippen MR) is 73.5 cm³/mol. The van der Waals surface area contributed by atoms with Gasteiger partial charge in [0.25, 0.3) is 0 Å². The van der Waals surface area contributed by atoms with E-state index in [2.05, 4.69) is 11.8 Å². The van der Waals surface area contributed by atoms with Crippen molar-refractivity contribution in [2.75, 3.05) is 18.0 Å². The van der Waals surface area contributed by atoms with E-state index in [1.54, 1.807) is 12.1 Å². The summed E-state index contributed by atoms with van der Waals surface area (Å²) in [5, 5.41) is 0. The molecule has 4 heteroatoms. The van der Waals surface area contributed by atoms with Crippen molar-refractivity contribution < 1.29 is 4.79 Å². The van der Waals surface area contributed by atoms with Gasteiger partial charge in [0.15, 0.2) is 0 Å². The molecule has 98 valence electrons. The van der Waals surface area contributed by atoms with E-state index >= 15 is 0 Å². The Bertz CT molecular complexity index is 416. The Kier molecular flexibility index (Phi) is 3.87. The summed E-state index contributed by atoms with van der Waals surface area (Å²) in [6.45, 7) is 3.97. The molecule has 0 aromatic heterocycles. The molecule has 1 saturated heterocycles. The van der Waals surface area contributed by atoms with E-state index in [0.717, 1.165) is 24.6 Å². The van der Waals surface area contributed by atoms with Crippen molar-refractivity contribution in [3.8, 4) is 0 Å². The van der Waals surface area contributed by atoms with Gasteiger partial charge in [-0.15, -0.1) is 0 Å². The van der Waals surface area contributed by atoms with Crippen molar-refractivity contribution in [3.63, 3.8) is 0 Å². The minimum atomic E-state index is -0.385. The zero-order valence-electron chi connectivity index (χ0n) is 10.8. The van der Waals surface area contributed by atoms with Crippen LogP contribution in [-0.2, 0) is 0 Å². The lowest BCUT2D eigenvalue weighted by molar-refractivity contribution is 0.100. The number of anilines is 1. The van der Waals surface area contributed by atoms with Crippen LogP contribution in [0.5, 0.6) is 0 Å². The molecule has 1 amide bonds. The molecule has 0 radical (unpaired) electrons. The lowest BCUT2D eigenvalue weighted by atomic mass is 9.92. The van der Waals surface area contributed by atoms with E-state index in [1.165, 1.54) is 6.42 Å². The highest BCUT2D eigenvalue weighted by atomic mass is 16.1. The number of hydrogen-bond donors (Lipinski definition) is 2. The molecule has 4 nitrogen and oxygen atoms in total. The number of nitrogens with two attached hydrogens (primary N) is 2. The van der Waals surface area contributed by atoms with Gasteiger partial charge in [0.2, 0.25) is 5.91 Å². The van der Waals surface area contributed by atoms with E-state index < -0.39 is 0 Å². The Morgan fingerprint density at radius 2 is 2.06 bits per heavy atom. The summed E-state index contributed by atoms with van der Waals surface area (Å²) in [4.78, 5) is 13.4. The normalized spacial score (nSPS) is 24.0. The molecule has 2 unspecified atom stereocenters. The van der Waals surface area contributed by atoms with Gasteiger partial charge in [0, 0.05) is 30.4 Å². The van der Waals surface area contributed by atoms with E-state index in [4.69, 9.17) is 11.5 Å². The number of primary amides is 1. The quantitative estimate of drug-likeness (QED) is 0.847. The molecule has 1 aromatic rings. The van der Waals surface area contributed by atoms with Crippen molar-refractivity contribution in [1.82, 2.24) is 0 Å². The van der Waals surface area contributed by atoms with E-state index in [9.17, 15) is 4.79 Å². The van der Waals surface area contributed by atoms with Crippen LogP contribution in [0.4, 0.5) is 5.69 Å². The van der Waals surface area contributed by atoms with Gasteiger partial charge >= 0.3 is 0 Å².